The molecule has 4 N–H and O–H groups in total. The standard InChI is InChI=1S/C41H51FN5O8PS/c1-24(40(51)52)44-56(53,54)36(42)26-8-13-34-27(18-26)19-35(57-34)37(48)43-32-11-9-29(45(2)31-14-17-55-23-31)20-30-10-12-33(47(30)38(32)49)39(50)46-22-28(21-41(46)15-16-41)25-6-4-3-5-7-25/h3-8,13,18-19,24,28-33,36H,9-12,14-17,20-23H2,1-2H3,(H,43,48)(H,51,52)(H2,44,53,54)/t24-,28+,29-,30+,31+,32-,33-,36+/m0/s1. The van der Waals surface area contributed by atoms with Crippen LogP contribution in [0.3, 0.4) is 0 Å². The number of nitrogens with one attached hydrogen (secondary N) is 2. The first kappa shape index (κ1) is 40.1. The number of aliphatic carboxylic acids is 1. The third-order valence-electron chi connectivity index (χ3n) is 13.1. The maximum absolute atomic E-state index is 15.4. The van der Waals surface area contributed by atoms with Gasteiger partial charge in [0.1, 0.15) is 18.1 Å². The number of carbonyl (C=O) groups excluding carboxylic acids is 3. The highest BCUT2D eigenvalue weighted by Gasteiger charge is 2.58. The molecule has 9 atom stereocenters. The molecule has 1 aliphatic carbocycles. The van der Waals surface area contributed by atoms with Crippen LogP contribution in [-0.2, 0) is 23.7 Å². The van der Waals surface area contributed by atoms with Crippen molar-refractivity contribution in [3.63, 3.8) is 0 Å². The van der Waals surface area contributed by atoms with Crippen molar-refractivity contribution in [1.29, 1.82) is 0 Å². The monoisotopic (exact) mass is 823 g/mol. The number of thiophene rings is 1. The number of benzene rings is 2. The van der Waals surface area contributed by atoms with Gasteiger partial charge in [-0.3, -0.25) is 28.6 Å². The van der Waals surface area contributed by atoms with Crippen molar-refractivity contribution in [2.24, 2.45) is 0 Å². The number of hydrogen-bond acceptors (Lipinski definition) is 8. The number of rotatable bonds is 11. The number of ether oxygens (including phenoxy) is 1. The van der Waals surface area contributed by atoms with Crippen molar-refractivity contribution in [3.05, 3.63) is 70.6 Å². The zero-order valence-electron chi connectivity index (χ0n) is 32.2. The van der Waals surface area contributed by atoms with Crippen LogP contribution in [0.1, 0.15) is 97.3 Å². The summed E-state index contributed by atoms with van der Waals surface area (Å²) in [6.07, 6.45) is 6.83. The number of hydrogen-bond donors (Lipinski definition) is 4. The molecule has 5 heterocycles. The van der Waals surface area contributed by atoms with Gasteiger partial charge >= 0.3 is 13.5 Å². The van der Waals surface area contributed by atoms with Gasteiger partial charge in [-0.2, -0.15) is 0 Å². The number of amides is 3. The molecule has 1 saturated carbocycles. The van der Waals surface area contributed by atoms with Crippen LogP contribution < -0.4 is 10.4 Å². The Morgan fingerprint density at radius 3 is 2.53 bits per heavy atom. The van der Waals surface area contributed by atoms with Crippen LogP contribution in [0, 0.1) is 0 Å². The molecule has 2 aromatic carbocycles. The Kier molecular flexibility index (Phi) is 11.1. The summed E-state index contributed by atoms with van der Waals surface area (Å²) in [6.45, 7) is 3.12. The van der Waals surface area contributed by atoms with Crippen molar-refractivity contribution in [2.45, 2.75) is 118 Å². The zero-order valence-corrected chi connectivity index (χ0v) is 33.9. The topological polar surface area (TPSA) is 169 Å². The summed E-state index contributed by atoms with van der Waals surface area (Å²) in [6, 6.07) is 13.4. The van der Waals surface area contributed by atoms with Crippen LogP contribution >= 0.6 is 18.9 Å². The first-order valence-corrected chi connectivity index (χ1v) is 22.6. The Labute approximate surface area is 335 Å². The number of likely N-dealkylation sites (tertiary alicyclic amines) is 1. The Balaban J connectivity index is 1.03. The molecular formula is C41H51FN5O8PS. The highest BCUT2D eigenvalue weighted by Crippen LogP contribution is 2.55. The Morgan fingerprint density at radius 1 is 1.05 bits per heavy atom. The number of alkyl halides is 1. The average Bonchev–Trinajstić information content (AvgIpc) is 3.66. The number of nitrogens with zero attached hydrogens (tertiary/aromatic N) is 3. The predicted octanol–water partition coefficient (Wildman–Crippen LogP) is 5.40. The first-order chi connectivity index (χ1) is 27.2. The second kappa shape index (κ2) is 15.8. The summed E-state index contributed by atoms with van der Waals surface area (Å²) in [7, 11) is -2.66. The van der Waals surface area contributed by atoms with Crippen LogP contribution in [0.5, 0.6) is 0 Å². The summed E-state index contributed by atoms with van der Waals surface area (Å²) in [5.74, 6) is -4.27. The van der Waals surface area contributed by atoms with Gasteiger partial charge in [-0.05, 0) is 106 Å². The maximum atomic E-state index is 15.4. The van der Waals surface area contributed by atoms with Crippen molar-refractivity contribution >= 4 is 52.6 Å². The maximum Gasteiger partial charge on any atom is 0.320 e. The van der Waals surface area contributed by atoms with Gasteiger partial charge in [0, 0.05) is 47.4 Å². The summed E-state index contributed by atoms with van der Waals surface area (Å²) >= 11 is 1.15. The van der Waals surface area contributed by atoms with Gasteiger partial charge in [0.2, 0.25) is 17.7 Å². The van der Waals surface area contributed by atoms with E-state index in [1.54, 1.807) is 12.1 Å². The van der Waals surface area contributed by atoms with E-state index in [1.807, 2.05) is 28.2 Å². The number of carbonyl (C=O) groups is 4. The molecule has 3 aromatic rings. The second-order valence-electron chi connectivity index (χ2n) is 16.7. The van der Waals surface area contributed by atoms with Gasteiger partial charge in [0.05, 0.1) is 11.5 Å². The Morgan fingerprint density at radius 2 is 1.82 bits per heavy atom. The zero-order chi connectivity index (χ0) is 40.2. The van der Waals surface area contributed by atoms with Crippen molar-refractivity contribution in [3.8, 4) is 0 Å². The molecule has 13 nitrogen and oxygen atoms in total. The lowest BCUT2D eigenvalue weighted by Crippen LogP contribution is -2.59. The molecule has 306 valence electrons. The molecule has 5 aliphatic rings. The average molecular weight is 824 g/mol. The molecule has 1 aromatic heterocycles. The molecule has 1 spiro atoms. The van der Waals surface area contributed by atoms with E-state index in [0.717, 1.165) is 50.4 Å². The van der Waals surface area contributed by atoms with E-state index < -0.39 is 43.4 Å². The van der Waals surface area contributed by atoms with E-state index in [1.165, 1.54) is 17.7 Å². The third-order valence-corrected chi connectivity index (χ3v) is 15.9. The van der Waals surface area contributed by atoms with Gasteiger partial charge < -0.3 is 29.9 Å². The Bertz CT molecular complexity index is 2080. The largest absolute Gasteiger partial charge is 0.480 e. The first-order valence-electron chi connectivity index (χ1n) is 20.0. The molecule has 1 unspecified atom stereocenters. The van der Waals surface area contributed by atoms with Gasteiger partial charge in [0.15, 0.2) is 0 Å². The van der Waals surface area contributed by atoms with Gasteiger partial charge in [0.25, 0.3) is 5.91 Å². The molecule has 16 heteroatoms. The van der Waals surface area contributed by atoms with E-state index >= 15 is 4.39 Å². The van der Waals surface area contributed by atoms with Crippen molar-refractivity contribution in [1.82, 2.24) is 25.1 Å². The van der Waals surface area contributed by atoms with E-state index in [2.05, 4.69) is 34.3 Å². The minimum atomic E-state index is -4.77. The lowest BCUT2D eigenvalue weighted by molar-refractivity contribution is -0.148. The fraction of sp³-hybridized carbons (Fsp3) is 0.561. The van der Waals surface area contributed by atoms with Gasteiger partial charge in [-0.1, -0.05) is 36.4 Å². The second-order valence-corrected chi connectivity index (χ2v) is 19.8. The lowest BCUT2D eigenvalue weighted by Gasteiger charge is -2.42. The van der Waals surface area contributed by atoms with Crippen LogP contribution in [0.4, 0.5) is 4.39 Å². The van der Waals surface area contributed by atoms with Crippen LogP contribution in [0.25, 0.3) is 10.1 Å². The van der Waals surface area contributed by atoms with Crippen molar-refractivity contribution < 1.29 is 42.9 Å². The summed E-state index contributed by atoms with van der Waals surface area (Å²) in [5, 5.41) is 14.6. The minimum Gasteiger partial charge on any atom is -0.480 e. The molecule has 57 heavy (non-hydrogen) atoms. The third kappa shape index (κ3) is 7.91. The van der Waals surface area contributed by atoms with Crippen molar-refractivity contribution in [2.75, 3.05) is 26.8 Å². The summed E-state index contributed by atoms with van der Waals surface area (Å²) < 4.78 is 34.4. The molecule has 4 aliphatic heterocycles. The highest BCUT2D eigenvalue weighted by atomic mass is 32.1. The summed E-state index contributed by atoms with van der Waals surface area (Å²) in [5.41, 5.74) is 0.927. The minimum absolute atomic E-state index is 0.00745. The Hall–Kier alpha value is -3.72. The van der Waals surface area contributed by atoms with E-state index in [-0.39, 0.29) is 51.8 Å². The quantitative estimate of drug-likeness (QED) is 0.184. The van der Waals surface area contributed by atoms with E-state index in [9.17, 15) is 28.6 Å². The highest BCUT2D eigenvalue weighted by molar-refractivity contribution is 7.56. The lowest BCUT2D eigenvalue weighted by atomic mass is 9.92. The van der Waals surface area contributed by atoms with Crippen LogP contribution in [-0.4, -0.2) is 117 Å². The number of carboxylic acids is 1. The normalized spacial score (nSPS) is 29.2. The molecule has 4 saturated heterocycles. The fourth-order valence-corrected chi connectivity index (χ4v) is 12.0. The SMILES string of the molecule is C[C@H](NP(=O)(O)[C@@H](F)c1ccc2sc(C(=O)N[C@H]3CC[C@H](N(C)[C@@H]4CCOC4)C[C@H]4CC[C@@H](C(=O)N5C[C@H](c6ccccc6)CC56CC6)N4C3=O)cc2c1)C(=O)O. The molecular weight excluding hydrogens is 773 g/mol. The van der Waals surface area contributed by atoms with Crippen LogP contribution in [0.15, 0.2) is 54.6 Å². The molecule has 0 radical (unpaired) electrons. The molecule has 3 amide bonds. The molecule has 5 fully saturated rings. The number of fused-ring (bicyclic) bond motifs is 2. The molecule has 0 bridgehead atoms. The predicted molar refractivity (Wildman–Crippen MR) is 213 cm³/mol. The number of carboxylic acid groups (broad SMARTS) is 1. The smallest absolute Gasteiger partial charge is 0.320 e. The van der Waals surface area contributed by atoms with Gasteiger partial charge in [-0.15, -0.1) is 11.3 Å². The van der Waals surface area contributed by atoms with Crippen LogP contribution in [0.2, 0.25) is 0 Å². The van der Waals surface area contributed by atoms with E-state index in [0.29, 0.717) is 55.5 Å². The van der Waals surface area contributed by atoms with E-state index in [4.69, 9.17) is 9.84 Å². The molecule has 8 rings (SSSR count). The fourth-order valence-electron chi connectivity index (χ4n) is 9.70. The number of halogens is 1. The van der Waals surface area contributed by atoms with Gasteiger partial charge in [-0.25, -0.2) is 9.48 Å². The number of likely N-dealkylation sites (N-methyl/N-ethyl adjacent to an activating group) is 1. The summed E-state index contributed by atoms with van der Waals surface area (Å²) in [4.78, 5) is 71.5.